The Balaban J connectivity index is 1.84. The molecule has 0 aliphatic heterocycles. The van der Waals surface area contributed by atoms with Crippen LogP contribution in [0.15, 0.2) is 12.7 Å². The minimum Gasteiger partial charge on any atom is -0.459 e. The predicted octanol–water partition coefficient (Wildman–Crippen LogP) is 2.93. The van der Waals surface area contributed by atoms with Crippen LogP contribution in [0.2, 0.25) is 0 Å². The van der Waals surface area contributed by atoms with Crippen molar-refractivity contribution in [3.8, 4) is 0 Å². The van der Waals surface area contributed by atoms with Gasteiger partial charge in [-0.15, -0.1) is 0 Å². The zero-order valence-electron chi connectivity index (χ0n) is 10.4. The Kier molecular flexibility index (Phi) is 1.65. The van der Waals surface area contributed by atoms with E-state index in [2.05, 4.69) is 27.4 Å². The van der Waals surface area contributed by atoms with Gasteiger partial charge in [-0.3, -0.25) is 0 Å². The predicted molar refractivity (Wildman–Crippen MR) is 61.7 cm³/mol. The maximum atomic E-state index is 11.3. The molecule has 0 bridgehead atoms. The number of esters is 1. The Labute approximate surface area is 97.1 Å². The highest BCUT2D eigenvalue weighted by Crippen LogP contribution is 2.90. The summed E-state index contributed by atoms with van der Waals surface area (Å²) in [5, 5.41) is 0. The molecule has 4 unspecified atom stereocenters. The summed E-state index contributed by atoms with van der Waals surface area (Å²) in [4.78, 5) is 11.3. The molecule has 0 aromatic rings. The number of hydrogen-bond donors (Lipinski definition) is 0. The van der Waals surface area contributed by atoms with E-state index in [0.29, 0.717) is 10.8 Å². The highest BCUT2D eigenvalue weighted by Gasteiger charge is 2.87. The molecule has 0 aromatic heterocycles. The Morgan fingerprint density at radius 1 is 1.38 bits per heavy atom. The monoisotopic (exact) mass is 220 g/mol. The second-order valence-corrected chi connectivity index (χ2v) is 6.53. The molecule has 0 aromatic carbocycles. The van der Waals surface area contributed by atoms with Crippen LogP contribution in [-0.2, 0) is 9.53 Å². The normalized spacial score (nSPS) is 50.9. The van der Waals surface area contributed by atoms with E-state index in [4.69, 9.17) is 4.74 Å². The zero-order valence-corrected chi connectivity index (χ0v) is 10.4. The first-order chi connectivity index (χ1) is 7.40. The smallest absolute Gasteiger partial charge is 0.330 e. The fourth-order valence-electron chi connectivity index (χ4n) is 5.17. The molecule has 2 heteroatoms. The number of ether oxygens (including phenoxy) is 1. The van der Waals surface area contributed by atoms with Crippen LogP contribution < -0.4 is 0 Å². The van der Waals surface area contributed by atoms with Gasteiger partial charge in [0.2, 0.25) is 0 Å². The molecule has 1 spiro atoms. The SMILES string of the molecule is C=CC(=O)OC1CC2C(C)(C)C23CCC13C. The van der Waals surface area contributed by atoms with E-state index >= 15 is 0 Å². The van der Waals surface area contributed by atoms with Crippen LogP contribution in [0.5, 0.6) is 0 Å². The molecule has 4 atom stereocenters. The summed E-state index contributed by atoms with van der Waals surface area (Å²) in [6, 6.07) is 0. The van der Waals surface area contributed by atoms with Crippen LogP contribution >= 0.6 is 0 Å². The summed E-state index contributed by atoms with van der Waals surface area (Å²) >= 11 is 0. The molecule has 0 N–H and O–H groups in total. The first-order valence-electron chi connectivity index (χ1n) is 6.23. The van der Waals surface area contributed by atoms with E-state index in [1.54, 1.807) is 0 Å². The Hall–Kier alpha value is -0.790. The number of rotatable bonds is 2. The van der Waals surface area contributed by atoms with Crippen molar-refractivity contribution in [2.45, 2.75) is 46.1 Å². The van der Waals surface area contributed by atoms with Gasteiger partial charge in [-0.05, 0) is 36.0 Å². The van der Waals surface area contributed by atoms with Crippen LogP contribution in [-0.4, -0.2) is 12.1 Å². The molecule has 88 valence electrons. The van der Waals surface area contributed by atoms with Crippen molar-refractivity contribution in [3.05, 3.63) is 12.7 Å². The van der Waals surface area contributed by atoms with Crippen molar-refractivity contribution in [2.75, 3.05) is 0 Å². The second kappa shape index (κ2) is 2.55. The Morgan fingerprint density at radius 3 is 2.50 bits per heavy atom. The van der Waals surface area contributed by atoms with Crippen LogP contribution in [0.4, 0.5) is 0 Å². The number of hydrogen-bond acceptors (Lipinski definition) is 2. The first-order valence-corrected chi connectivity index (χ1v) is 6.23. The molecule has 0 radical (unpaired) electrons. The summed E-state index contributed by atoms with van der Waals surface area (Å²) in [6.45, 7) is 10.5. The lowest BCUT2D eigenvalue weighted by Gasteiger charge is -2.51. The molecule has 0 heterocycles. The molecule has 0 amide bonds. The largest absolute Gasteiger partial charge is 0.459 e. The van der Waals surface area contributed by atoms with Gasteiger partial charge in [-0.2, -0.15) is 0 Å². The molecule has 3 fully saturated rings. The molecule has 3 aliphatic carbocycles. The summed E-state index contributed by atoms with van der Waals surface area (Å²) in [7, 11) is 0. The van der Waals surface area contributed by atoms with Crippen molar-refractivity contribution < 1.29 is 9.53 Å². The lowest BCUT2D eigenvalue weighted by Crippen LogP contribution is -2.49. The standard InChI is InChI=1S/C14H20O2/c1-5-11(15)16-10-8-9-12(2,3)14(9)7-6-13(10,14)4/h5,9-10H,1,6-8H2,2-4H3. The van der Waals surface area contributed by atoms with Gasteiger partial charge in [0.15, 0.2) is 0 Å². The molecule has 2 nitrogen and oxygen atoms in total. The molecule has 3 saturated carbocycles. The van der Waals surface area contributed by atoms with Gasteiger partial charge in [-0.1, -0.05) is 27.4 Å². The van der Waals surface area contributed by atoms with E-state index in [0.717, 1.165) is 12.3 Å². The molecule has 3 aliphatic rings. The van der Waals surface area contributed by atoms with Gasteiger partial charge in [0.25, 0.3) is 0 Å². The molecular weight excluding hydrogens is 200 g/mol. The summed E-state index contributed by atoms with van der Waals surface area (Å²) in [5.74, 6) is 0.508. The molecule has 3 rings (SSSR count). The van der Waals surface area contributed by atoms with Crippen LogP contribution in [0.3, 0.4) is 0 Å². The van der Waals surface area contributed by atoms with Gasteiger partial charge in [0.05, 0.1) is 0 Å². The average Bonchev–Trinajstić information content (AvgIpc) is 2.67. The minimum absolute atomic E-state index is 0.129. The van der Waals surface area contributed by atoms with E-state index in [-0.39, 0.29) is 17.5 Å². The zero-order chi connectivity index (χ0) is 11.8. The molecule has 0 saturated heterocycles. The van der Waals surface area contributed by atoms with Gasteiger partial charge < -0.3 is 4.74 Å². The van der Waals surface area contributed by atoms with Crippen molar-refractivity contribution in [1.29, 1.82) is 0 Å². The number of carbonyl (C=O) groups excluding carboxylic acids is 1. The van der Waals surface area contributed by atoms with E-state index in [1.165, 1.54) is 18.9 Å². The molecular formula is C14H20O2. The third-order valence-corrected chi connectivity index (χ3v) is 6.18. The Bertz CT molecular complexity index is 384. The summed E-state index contributed by atoms with van der Waals surface area (Å²) in [6.07, 6.45) is 5.00. The quantitative estimate of drug-likeness (QED) is 0.528. The highest BCUT2D eigenvalue weighted by molar-refractivity contribution is 5.81. The van der Waals surface area contributed by atoms with Crippen LogP contribution in [0.25, 0.3) is 0 Å². The van der Waals surface area contributed by atoms with E-state index in [9.17, 15) is 4.79 Å². The summed E-state index contributed by atoms with van der Waals surface area (Å²) < 4.78 is 5.53. The summed E-state index contributed by atoms with van der Waals surface area (Å²) in [5.41, 5.74) is 1.18. The van der Waals surface area contributed by atoms with Crippen molar-refractivity contribution >= 4 is 5.97 Å². The topological polar surface area (TPSA) is 26.3 Å². The van der Waals surface area contributed by atoms with Crippen molar-refractivity contribution in [2.24, 2.45) is 22.2 Å². The molecule has 16 heavy (non-hydrogen) atoms. The first kappa shape index (κ1) is 10.4. The van der Waals surface area contributed by atoms with E-state index in [1.807, 2.05) is 0 Å². The van der Waals surface area contributed by atoms with Crippen LogP contribution in [0.1, 0.15) is 40.0 Å². The maximum Gasteiger partial charge on any atom is 0.330 e. The second-order valence-electron chi connectivity index (χ2n) is 6.53. The third-order valence-electron chi connectivity index (χ3n) is 6.18. The Morgan fingerprint density at radius 2 is 2.06 bits per heavy atom. The fourth-order valence-corrected chi connectivity index (χ4v) is 5.17. The number of carbonyl (C=O) groups is 1. The highest BCUT2D eigenvalue weighted by atomic mass is 16.5. The van der Waals surface area contributed by atoms with Gasteiger partial charge in [-0.25, -0.2) is 4.79 Å². The minimum atomic E-state index is -0.257. The van der Waals surface area contributed by atoms with Gasteiger partial charge in [0, 0.05) is 11.5 Å². The van der Waals surface area contributed by atoms with Gasteiger partial charge in [0.1, 0.15) is 6.10 Å². The van der Waals surface area contributed by atoms with Crippen molar-refractivity contribution in [3.63, 3.8) is 0 Å². The van der Waals surface area contributed by atoms with Crippen LogP contribution in [0, 0.1) is 22.2 Å². The van der Waals surface area contributed by atoms with Crippen molar-refractivity contribution in [1.82, 2.24) is 0 Å². The average molecular weight is 220 g/mol. The lowest BCUT2D eigenvalue weighted by molar-refractivity contribution is -0.161. The van der Waals surface area contributed by atoms with Gasteiger partial charge >= 0.3 is 5.97 Å². The maximum absolute atomic E-state index is 11.3. The third kappa shape index (κ3) is 0.781. The van der Waals surface area contributed by atoms with E-state index < -0.39 is 0 Å². The lowest BCUT2D eigenvalue weighted by atomic mass is 9.54. The fraction of sp³-hybridized carbons (Fsp3) is 0.786.